The topological polar surface area (TPSA) is 169 Å². The molecule has 8 unspecified atom stereocenters. The van der Waals surface area contributed by atoms with Gasteiger partial charge in [-0.2, -0.15) is 0 Å². The molecule has 1 fully saturated rings. The largest absolute Gasteiger partial charge is 0.394 e. The van der Waals surface area contributed by atoms with E-state index >= 15 is 0 Å². The zero-order chi connectivity index (χ0) is 50.3. The molecule has 1 aliphatic rings. The van der Waals surface area contributed by atoms with Crippen molar-refractivity contribution in [2.75, 3.05) is 13.2 Å². The van der Waals surface area contributed by atoms with E-state index in [0.29, 0.717) is 19.3 Å². The minimum atomic E-state index is -1.62. The first-order chi connectivity index (χ1) is 33.8. The quantitative estimate of drug-likeness (QED) is 0.0232. The Balaban J connectivity index is 2.25. The Bertz CT molecular complexity index is 1200. The molecule has 0 aromatic carbocycles. The van der Waals surface area contributed by atoms with Crippen LogP contribution in [0.1, 0.15) is 271 Å². The van der Waals surface area contributed by atoms with E-state index in [1.165, 1.54) is 205 Å². The third-order valence-corrected chi connectivity index (χ3v) is 14.0. The van der Waals surface area contributed by atoms with Crippen molar-refractivity contribution < 1.29 is 44.9 Å². The highest BCUT2D eigenvalue weighted by Crippen LogP contribution is 2.23. The fraction of sp³-hybridized carbons (Fsp3) is 0.881. The van der Waals surface area contributed by atoms with Crippen LogP contribution in [0.15, 0.2) is 36.5 Å². The van der Waals surface area contributed by atoms with E-state index < -0.39 is 61.5 Å². The van der Waals surface area contributed by atoms with Crippen LogP contribution in [0.4, 0.5) is 0 Å². The highest BCUT2D eigenvalue weighted by Gasteiger charge is 2.44. The molecule has 1 heterocycles. The van der Waals surface area contributed by atoms with Gasteiger partial charge >= 0.3 is 0 Å². The Morgan fingerprint density at radius 1 is 0.493 bits per heavy atom. The third kappa shape index (κ3) is 37.7. The molecule has 10 heteroatoms. The lowest BCUT2D eigenvalue weighted by atomic mass is 9.99. The summed E-state index contributed by atoms with van der Waals surface area (Å²) in [4.78, 5) is 13.1. The Labute approximate surface area is 424 Å². The summed E-state index contributed by atoms with van der Waals surface area (Å²) in [6.45, 7) is 3.62. The molecule has 7 N–H and O–H groups in total. The monoisotopic (exact) mass is 978 g/mol. The van der Waals surface area contributed by atoms with Gasteiger partial charge in [-0.05, 0) is 57.8 Å². The molecule has 1 rings (SSSR count). The minimum absolute atomic E-state index is 0.304. The molecule has 0 spiro atoms. The Morgan fingerprint density at radius 3 is 1.26 bits per heavy atom. The lowest BCUT2D eigenvalue weighted by molar-refractivity contribution is -0.302. The van der Waals surface area contributed by atoms with Crippen LogP contribution in [0.2, 0.25) is 0 Å². The number of rotatable bonds is 50. The molecular weight excluding hydrogens is 867 g/mol. The Kier molecular flexibility index (Phi) is 46.1. The number of nitrogens with one attached hydrogen (secondary N) is 1. The number of unbranched alkanes of at least 4 members (excludes halogenated alkanes) is 35. The van der Waals surface area contributed by atoms with Crippen molar-refractivity contribution in [1.29, 1.82) is 0 Å². The van der Waals surface area contributed by atoms with Gasteiger partial charge in [0.2, 0.25) is 5.91 Å². The number of carbonyl (C=O) groups excluding carboxylic acids is 1. The summed E-state index contributed by atoms with van der Waals surface area (Å²) in [5.41, 5.74) is 0. The van der Waals surface area contributed by atoms with Gasteiger partial charge in [-0.15, -0.1) is 0 Å². The predicted molar refractivity (Wildman–Crippen MR) is 287 cm³/mol. The number of carbonyl (C=O) groups is 1. The number of hydrogen-bond donors (Lipinski definition) is 7. The molecule has 0 aliphatic carbocycles. The van der Waals surface area contributed by atoms with Crippen LogP contribution >= 0.6 is 0 Å². The van der Waals surface area contributed by atoms with Crippen LogP contribution < -0.4 is 5.32 Å². The van der Waals surface area contributed by atoms with Crippen molar-refractivity contribution in [3.63, 3.8) is 0 Å². The second kappa shape index (κ2) is 48.6. The maximum Gasteiger partial charge on any atom is 0.249 e. The zero-order valence-electron chi connectivity index (χ0n) is 44.7. The molecule has 0 aromatic rings. The van der Waals surface area contributed by atoms with E-state index in [1.54, 1.807) is 6.08 Å². The lowest BCUT2D eigenvalue weighted by Gasteiger charge is -2.40. The zero-order valence-corrected chi connectivity index (χ0v) is 44.7. The fourth-order valence-electron chi connectivity index (χ4n) is 9.29. The molecule has 69 heavy (non-hydrogen) atoms. The molecule has 0 saturated carbocycles. The lowest BCUT2D eigenvalue weighted by Crippen LogP contribution is -2.60. The number of aliphatic hydroxyl groups is 6. The first-order valence-electron chi connectivity index (χ1n) is 29.3. The summed E-state index contributed by atoms with van der Waals surface area (Å²) in [5, 5.41) is 65.0. The molecule has 10 nitrogen and oxygen atoms in total. The van der Waals surface area contributed by atoms with Gasteiger partial charge in [0.15, 0.2) is 6.29 Å². The molecule has 8 atom stereocenters. The molecule has 1 amide bonds. The summed E-state index contributed by atoms with van der Waals surface area (Å²) in [5.74, 6) is -0.624. The van der Waals surface area contributed by atoms with Crippen molar-refractivity contribution in [2.24, 2.45) is 0 Å². The molecular formula is C59H111NO9. The van der Waals surface area contributed by atoms with Gasteiger partial charge in [-0.25, -0.2) is 0 Å². The maximum absolute atomic E-state index is 13.1. The summed E-state index contributed by atoms with van der Waals surface area (Å²) >= 11 is 0. The van der Waals surface area contributed by atoms with Crippen molar-refractivity contribution >= 4 is 5.91 Å². The van der Waals surface area contributed by atoms with E-state index in [9.17, 15) is 35.4 Å². The molecule has 406 valence electrons. The third-order valence-electron chi connectivity index (χ3n) is 14.0. The van der Waals surface area contributed by atoms with Gasteiger partial charge in [-0.1, -0.05) is 249 Å². The average Bonchev–Trinajstić information content (AvgIpc) is 3.35. The highest BCUT2D eigenvalue weighted by atomic mass is 16.7. The van der Waals surface area contributed by atoms with Gasteiger partial charge in [0, 0.05) is 0 Å². The maximum atomic E-state index is 13.1. The van der Waals surface area contributed by atoms with Crippen LogP contribution in [0.5, 0.6) is 0 Å². The van der Waals surface area contributed by atoms with E-state index in [2.05, 4.69) is 43.5 Å². The van der Waals surface area contributed by atoms with E-state index in [0.717, 1.165) is 32.1 Å². The van der Waals surface area contributed by atoms with Crippen LogP contribution in [0.3, 0.4) is 0 Å². The van der Waals surface area contributed by atoms with Gasteiger partial charge in [0.1, 0.15) is 30.5 Å². The van der Waals surface area contributed by atoms with E-state index in [4.69, 9.17) is 9.47 Å². The smallest absolute Gasteiger partial charge is 0.249 e. The summed E-state index contributed by atoms with van der Waals surface area (Å²) in [7, 11) is 0. The number of amides is 1. The summed E-state index contributed by atoms with van der Waals surface area (Å²) < 4.78 is 11.2. The van der Waals surface area contributed by atoms with Crippen molar-refractivity contribution in [3.05, 3.63) is 36.5 Å². The first kappa shape index (κ1) is 65.4. The van der Waals surface area contributed by atoms with Gasteiger partial charge in [0.25, 0.3) is 0 Å². The van der Waals surface area contributed by atoms with Gasteiger partial charge < -0.3 is 45.4 Å². The van der Waals surface area contributed by atoms with Crippen molar-refractivity contribution in [3.8, 4) is 0 Å². The Hall–Kier alpha value is -1.63. The summed E-state index contributed by atoms with van der Waals surface area (Å²) in [6.07, 6.45) is 52.5. The van der Waals surface area contributed by atoms with Gasteiger partial charge in [-0.3, -0.25) is 4.79 Å². The highest BCUT2D eigenvalue weighted by molar-refractivity contribution is 5.80. The second-order valence-electron chi connectivity index (χ2n) is 20.6. The molecule has 0 aromatic heterocycles. The van der Waals surface area contributed by atoms with Crippen LogP contribution in [0.25, 0.3) is 0 Å². The van der Waals surface area contributed by atoms with Crippen LogP contribution in [0, 0.1) is 0 Å². The normalized spacial score (nSPS) is 20.1. The fourth-order valence-corrected chi connectivity index (χ4v) is 9.29. The average molecular weight is 979 g/mol. The minimum Gasteiger partial charge on any atom is -0.394 e. The van der Waals surface area contributed by atoms with E-state index in [1.807, 2.05) is 6.08 Å². The molecule has 0 bridgehead atoms. The molecule has 0 radical (unpaired) electrons. The predicted octanol–water partition coefficient (Wildman–Crippen LogP) is 13.3. The van der Waals surface area contributed by atoms with Gasteiger partial charge in [0.05, 0.1) is 25.4 Å². The molecule has 1 saturated heterocycles. The first-order valence-corrected chi connectivity index (χ1v) is 29.3. The standard InChI is InChI=1S/C59H111NO9/c1-3-5-7-9-11-13-15-17-19-21-22-23-24-25-26-27-28-29-30-32-34-36-38-40-42-44-46-48-53(63)58(67)60-51(50-68-59-57(66)56(65)55(64)54(49-61)69-59)52(62)47-45-43-41-39-37-35-33-31-20-18-16-14-12-10-8-6-4-2/h25-26,37,39,45,47,51-57,59,61-66H,3-24,27-36,38,40-44,46,48-50H2,1-2H3,(H,60,67)/b26-25-,39-37+,47-45+. The Morgan fingerprint density at radius 2 is 0.855 bits per heavy atom. The van der Waals surface area contributed by atoms with Crippen LogP contribution in [-0.2, 0) is 14.3 Å². The van der Waals surface area contributed by atoms with Crippen molar-refractivity contribution in [2.45, 2.75) is 320 Å². The van der Waals surface area contributed by atoms with Crippen LogP contribution in [-0.4, -0.2) is 98.7 Å². The summed E-state index contributed by atoms with van der Waals surface area (Å²) in [6, 6.07) is -0.997. The number of ether oxygens (including phenoxy) is 2. The SMILES string of the molecule is CCCCCCCCCCCCC/C=C/CC/C=C/C(O)C(COC1OC(CO)C(O)C(O)C1O)NC(=O)C(O)CCCCCCCCCCCCC/C=C\CCCCCCCCCCCCCC. The van der Waals surface area contributed by atoms with Crippen molar-refractivity contribution in [1.82, 2.24) is 5.32 Å². The number of aliphatic hydroxyl groups excluding tert-OH is 6. The number of hydrogen-bond acceptors (Lipinski definition) is 9. The molecule has 1 aliphatic heterocycles. The second-order valence-corrected chi connectivity index (χ2v) is 20.6. The van der Waals surface area contributed by atoms with E-state index in [-0.39, 0.29) is 6.61 Å². The number of allylic oxidation sites excluding steroid dienone is 5.